The molecule has 0 amide bonds. The Balaban J connectivity index is 2.66. The summed E-state index contributed by atoms with van der Waals surface area (Å²) in [6, 6.07) is 5.47. The number of aryl methyl sites for hydroxylation is 1. The van der Waals surface area contributed by atoms with Crippen LogP contribution in [0.15, 0.2) is 22.6 Å². The predicted octanol–water partition coefficient (Wildman–Crippen LogP) is 1.63. The van der Waals surface area contributed by atoms with Gasteiger partial charge in [0.25, 0.3) is 0 Å². The summed E-state index contributed by atoms with van der Waals surface area (Å²) in [6.07, 6.45) is 0. The minimum atomic E-state index is 0.0435. The van der Waals surface area contributed by atoms with E-state index in [2.05, 4.69) is 4.98 Å². The van der Waals surface area contributed by atoms with Crippen molar-refractivity contribution in [2.45, 2.75) is 13.5 Å². The average Bonchev–Trinajstić information content (AvgIpc) is 2.43. The third-order valence-electron chi connectivity index (χ3n) is 1.74. The molecule has 3 heteroatoms. The molecule has 3 nitrogen and oxygen atoms in total. The summed E-state index contributed by atoms with van der Waals surface area (Å²) in [5.74, 6) is 0.653. The number of fused-ring (bicyclic) bond motifs is 1. The molecule has 0 unspecified atom stereocenters. The second kappa shape index (κ2) is 2.60. The minimum absolute atomic E-state index is 0.0435. The van der Waals surface area contributed by atoms with E-state index in [-0.39, 0.29) is 6.61 Å². The van der Waals surface area contributed by atoms with Gasteiger partial charge in [0.2, 0.25) is 0 Å². The zero-order valence-corrected chi connectivity index (χ0v) is 6.74. The van der Waals surface area contributed by atoms with Crippen LogP contribution in [-0.4, -0.2) is 10.1 Å². The zero-order chi connectivity index (χ0) is 8.55. The number of aliphatic hydroxyl groups is 1. The second-order valence-corrected chi connectivity index (χ2v) is 2.69. The number of aromatic nitrogens is 1. The Hall–Kier alpha value is -1.35. The number of hydrogen-bond acceptors (Lipinski definition) is 3. The molecule has 1 N–H and O–H groups in total. The van der Waals surface area contributed by atoms with Crippen molar-refractivity contribution in [3.63, 3.8) is 0 Å². The molecule has 62 valence electrons. The van der Waals surface area contributed by atoms with Gasteiger partial charge in [-0.25, -0.2) is 4.98 Å². The van der Waals surface area contributed by atoms with Crippen LogP contribution in [0.4, 0.5) is 0 Å². The van der Waals surface area contributed by atoms with Crippen LogP contribution in [0.3, 0.4) is 0 Å². The fourth-order valence-corrected chi connectivity index (χ4v) is 1.19. The Labute approximate surface area is 69.7 Å². The summed E-state index contributed by atoms with van der Waals surface area (Å²) < 4.78 is 5.27. The van der Waals surface area contributed by atoms with Crippen LogP contribution in [0.25, 0.3) is 11.1 Å². The van der Waals surface area contributed by atoms with Gasteiger partial charge in [-0.15, -0.1) is 0 Å². The lowest BCUT2D eigenvalue weighted by Crippen LogP contribution is -1.80. The largest absolute Gasteiger partial charge is 0.441 e. The fourth-order valence-electron chi connectivity index (χ4n) is 1.19. The zero-order valence-electron chi connectivity index (χ0n) is 6.74. The van der Waals surface area contributed by atoms with Crippen molar-refractivity contribution >= 4 is 11.1 Å². The molecule has 2 rings (SSSR count). The topological polar surface area (TPSA) is 46.3 Å². The van der Waals surface area contributed by atoms with Gasteiger partial charge in [-0.2, -0.15) is 0 Å². The van der Waals surface area contributed by atoms with Gasteiger partial charge >= 0.3 is 0 Å². The van der Waals surface area contributed by atoms with Crippen LogP contribution in [-0.2, 0) is 6.61 Å². The summed E-state index contributed by atoms with van der Waals surface area (Å²) in [5.41, 5.74) is 2.43. The molecule has 0 atom stereocenters. The second-order valence-electron chi connectivity index (χ2n) is 2.69. The number of nitrogens with zero attached hydrogens (tertiary/aromatic N) is 1. The van der Waals surface area contributed by atoms with Crippen molar-refractivity contribution in [3.8, 4) is 0 Å². The average molecular weight is 163 g/mol. The third-order valence-corrected chi connectivity index (χ3v) is 1.74. The molecule has 0 fully saturated rings. The van der Waals surface area contributed by atoms with E-state index < -0.39 is 0 Å². The van der Waals surface area contributed by atoms with Crippen LogP contribution >= 0.6 is 0 Å². The minimum Gasteiger partial charge on any atom is -0.441 e. The summed E-state index contributed by atoms with van der Waals surface area (Å²) in [6.45, 7) is 1.85. The quantitative estimate of drug-likeness (QED) is 0.695. The van der Waals surface area contributed by atoms with Gasteiger partial charge in [0, 0.05) is 6.92 Å². The van der Waals surface area contributed by atoms with Crippen LogP contribution in [0.2, 0.25) is 0 Å². The highest BCUT2D eigenvalue weighted by Gasteiger charge is 2.01. The molecule has 0 spiro atoms. The molecule has 0 bridgehead atoms. The first-order valence-electron chi connectivity index (χ1n) is 3.76. The third kappa shape index (κ3) is 1.08. The first-order valence-corrected chi connectivity index (χ1v) is 3.76. The molecule has 1 aromatic carbocycles. The molecular formula is C9H9NO2. The van der Waals surface area contributed by atoms with Crippen LogP contribution in [0.1, 0.15) is 11.5 Å². The molecule has 0 saturated heterocycles. The van der Waals surface area contributed by atoms with Crippen molar-refractivity contribution < 1.29 is 9.52 Å². The van der Waals surface area contributed by atoms with Gasteiger partial charge in [0.05, 0.1) is 6.61 Å². The van der Waals surface area contributed by atoms with Crippen molar-refractivity contribution in [2.24, 2.45) is 0 Å². The maximum atomic E-state index is 8.85. The lowest BCUT2D eigenvalue weighted by atomic mass is 10.2. The van der Waals surface area contributed by atoms with Gasteiger partial charge in [0.15, 0.2) is 11.5 Å². The Bertz CT molecular complexity index is 406. The molecule has 0 radical (unpaired) electrons. The maximum absolute atomic E-state index is 8.85. The molecule has 0 aliphatic carbocycles. The van der Waals surface area contributed by atoms with E-state index in [0.29, 0.717) is 5.89 Å². The number of hydrogen-bond donors (Lipinski definition) is 1. The smallest absolute Gasteiger partial charge is 0.192 e. The Morgan fingerprint density at radius 3 is 3.08 bits per heavy atom. The number of benzene rings is 1. The van der Waals surface area contributed by atoms with Crippen molar-refractivity contribution in [3.05, 3.63) is 29.7 Å². The summed E-state index contributed by atoms with van der Waals surface area (Å²) in [4.78, 5) is 4.14. The Morgan fingerprint density at radius 2 is 2.33 bits per heavy atom. The van der Waals surface area contributed by atoms with E-state index >= 15 is 0 Å². The molecule has 1 heterocycles. The maximum Gasteiger partial charge on any atom is 0.192 e. The molecule has 0 aliphatic heterocycles. The van der Waals surface area contributed by atoms with Crippen LogP contribution in [0, 0.1) is 6.92 Å². The highest BCUT2D eigenvalue weighted by Crippen LogP contribution is 2.16. The summed E-state index contributed by atoms with van der Waals surface area (Å²) in [5, 5.41) is 8.85. The Morgan fingerprint density at radius 1 is 1.50 bits per heavy atom. The van der Waals surface area contributed by atoms with Gasteiger partial charge < -0.3 is 9.52 Å². The van der Waals surface area contributed by atoms with Crippen LogP contribution < -0.4 is 0 Å². The van der Waals surface area contributed by atoms with E-state index in [1.165, 1.54) is 0 Å². The van der Waals surface area contributed by atoms with E-state index in [0.717, 1.165) is 16.7 Å². The number of aliphatic hydroxyl groups excluding tert-OH is 1. The molecule has 0 saturated carbocycles. The SMILES string of the molecule is Cc1nc2cc(CO)ccc2o1. The highest BCUT2D eigenvalue weighted by molar-refractivity contribution is 5.73. The van der Waals surface area contributed by atoms with Gasteiger partial charge in [-0.05, 0) is 17.7 Å². The van der Waals surface area contributed by atoms with Crippen LogP contribution in [0.5, 0.6) is 0 Å². The molecule has 1 aromatic heterocycles. The number of oxazole rings is 1. The lowest BCUT2D eigenvalue weighted by molar-refractivity contribution is 0.282. The summed E-state index contributed by atoms with van der Waals surface area (Å²) in [7, 11) is 0. The van der Waals surface area contributed by atoms with E-state index in [4.69, 9.17) is 9.52 Å². The lowest BCUT2D eigenvalue weighted by Gasteiger charge is -1.92. The van der Waals surface area contributed by atoms with Crippen molar-refractivity contribution in [1.82, 2.24) is 4.98 Å². The Kier molecular flexibility index (Phi) is 1.59. The van der Waals surface area contributed by atoms with Gasteiger partial charge in [0.1, 0.15) is 5.52 Å². The fraction of sp³-hybridized carbons (Fsp3) is 0.222. The normalized spacial score (nSPS) is 10.8. The molecular weight excluding hydrogens is 154 g/mol. The first-order chi connectivity index (χ1) is 5.79. The molecule has 2 aromatic rings. The van der Waals surface area contributed by atoms with Crippen molar-refractivity contribution in [1.29, 1.82) is 0 Å². The first kappa shape index (κ1) is 7.31. The van der Waals surface area contributed by atoms with Crippen molar-refractivity contribution in [2.75, 3.05) is 0 Å². The van der Waals surface area contributed by atoms with E-state index in [1.807, 2.05) is 18.2 Å². The predicted molar refractivity (Wildman–Crippen MR) is 44.7 cm³/mol. The van der Waals surface area contributed by atoms with E-state index in [1.54, 1.807) is 6.92 Å². The summed E-state index contributed by atoms with van der Waals surface area (Å²) >= 11 is 0. The monoisotopic (exact) mass is 163 g/mol. The number of rotatable bonds is 1. The molecule has 0 aliphatic rings. The van der Waals surface area contributed by atoms with Gasteiger partial charge in [-0.3, -0.25) is 0 Å². The van der Waals surface area contributed by atoms with Gasteiger partial charge in [-0.1, -0.05) is 6.07 Å². The standard InChI is InChI=1S/C9H9NO2/c1-6-10-8-4-7(5-11)2-3-9(8)12-6/h2-4,11H,5H2,1H3. The highest BCUT2D eigenvalue weighted by atomic mass is 16.3. The molecule has 12 heavy (non-hydrogen) atoms. The van der Waals surface area contributed by atoms with E-state index in [9.17, 15) is 0 Å².